The fourth-order valence-corrected chi connectivity index (χ4v) is 8.08. The molecule has 8 heteroatoms. The maximum absolute atomic E-state index is 5.23. The second-order valence-electron chi connectivity index (χ2n) is 15.5. The first kappa shape index (κ1) is 38.2. The Morgan fingerprint density at radius 2 is 0.688 bits per heavy atom. The molecule has 0 unspecified atom stereocenters. The van der Waals surface area contributed by atoms with Gasteiger partial charge in [0.25, 0.3) is 0 Å². The monoisotopic (exact) mass is 822 g/mol. The van der Waals surface area contributed by atoms with Crippen molar-refractivity contribution < 1.29 is 0 Å². The van der Waals surface area contributed by atoms with Crippen LogP contribution in [0.4, 0.5) is 0 Å². The van der Waals surface area contributed by atoms with E-state index in [2.05, 4.69) is 96.4 Å². The van der Waals surface area contributed by atoms with E-state index >= 15 is 0 Å². The van der Waals surface area contributed by atoms with Crippen molar-refractivity contribution in [1.29, 1.82) is 0 Å². The molecule has 3 heterocycles. The molecule has 0 saturated carbocycles. The molecule has 0 atom stereocenters. The Morgan fingerprint density at radius 1 is 0.297 bits per heavy atom. The Labute approximate surface area is 370 Å². The maximum atomic E-state index is 5.23. The predicted molar refractivity (Wildman–Crippen MR) is 256 cm³/mol. The molecular formula is C56H38N8. The van der Waals surface area contributed by atoms with Crippen LogP contribution in [0.15, 0.2) is 212 Å². The summed E-state index contributed by atoms with van der Waals surface area (Å²) in [6.45, 7) is 2.11. The molecule has 0 radical (unpaired) electrons. The van der Waals surface area contributed by atoms with Gasteiger partial charge in [-0.25, -0.2) is 34.9 Å². The quantitative estimate of drug-likeness (QED) is 0.143. The highest BCUT2D eigenvalue weighted by atomic mass is 15.1. The lowest BCUT2D eigenvalue weighted by atomic mass is 9.97. The summed E-state index contributed by atoms with van der Waals surface area (Å²) in [5.74, 6) is 4.17. The molecule has 8 aromatic carbocycles. The van der Waals surface area contributed by atoms with E-state index in [-0.39, 0.29) is 0 Å². The zero-order valence-electron chi connectivity index (χ0n) is 34.8. The third kappa shape index (κ3) is 7.50. The van der Waals surface area contributed by atoms with Crippen molar-refractivity contribution in [1.82, 2.24) is 39.5 Å². The van der Waals surface area contributed by atoms with Gasteiger partial charge in [0.2, 0.25) is 0 Å². The molecule has 8 nitrogen and oxygen atoms in total. The first-order valence-electron chi connectivity index (χ1n) is 21.2. The third-order valence-electron chi connectivity index (χ3n) is 11.1. The van der Waals surface area contributed by atoms with Gasteiger partial charge in [0.05, 0.1) is 16.7 Å². The molecule has 302 valence electrons. The predicted octanol–water partition coefficient (Wildman–Crippen LogP) is 13.0. The van der Waals surface area contributed by atoms with Crippen molar-refractivity contribution in [2.45, 2.75) is 6.92 Å². The van der Waals surface area contributed by atoms with Crippen molar-refractivity contribution in [3.8, 4) is 96.5 Å². The molecule has 0 aliphatic heterocycles. The summed E-state index contributed by atoms with van der Waals surface area (Å²) in [5.41, 5.74) is 12.0. The second kappa shape index (κ2) is 16.6. The third-order valence-corrected chi connectivity index (χ3v) is 11.1. The molecule has 11 aromatic rings. The number of hydrogen-bond donors (Lipinski definition) is 0. The molecule has 11 rings (SSSR count). The number of benzene rings is 8. The lowest BCUT2D eigenvalue weighted by Crippen LogP contribution is -2.03. The average molecular weight is 823 g/mol. The van der Waals surface area contributed by atoms with Crippen molar-refractivity contribution in [2.24, 2.45) is 0 Å². The molecule has 0 N–H and O–H groups in total. The molecule has 0 aliphatic rings. The van der Waals surface area contributed by atoms with Crippen LogP contribution in [-0.2, 0) is 0 Å². The Hall–Kier alpha value is -8.75. The highest BCUT2D eigenvalue weighted by Crippen LogP contribution is 2.38. The van der Waals surface area contributed by atoms with E-state index in [4.69, 9.17) is 34.9 Å². The molecule has 0 aliphatic carbocycles. The average Bonchev–Trinajstić information content (AvgIpc) is 3.77. The van der Waals surface area contributed by atoms with Crippen LogP contribution in [0.1, 0.15) is 5.56 Å². The van der Waals surface area contributed by atoms with E-state index in [9.17, 15) is 0 Å². The van der Waals surface area contributed by atoms with Crippen LogP contribution in [0.3, 0.4) is 0 Å². The number of imidazole rings is 1. The van der Waals surface area contributed by atoms with E-state index in [1.54, 1.807) is 0 Å². The van der Waals surface area contributed by atoms with Gasteiger partial charge in [-0.05, 0) is 55.0 Å². The lowest BCUT2D eigenvalue weighted by molar-refractivity contribution is 1.07. The number of fused-ring (bicyclic) bond motifs is 1. The fourth-order valence-electron chi connectivity index (χ4n) is 8.08. The normalized spacial score (nSPS) is 11.2. The minimum Gasteiger partial charge on any atom is -0.292 e. The van der Waals surface area contributed by atoms with Gasteiger partial charge in [-0.15, -0.1) is 0 Å². The van der Waals surface area contributed by atoms with Crippen LogP contribution in [0.5, 0.6) is 0 Å². The van der Waals surface area contributed by atoms with Crippen molar-refractivity contribution in [3.63, 3.8) is 0 Å². The Kier molecular flexibility index (Phi) is 9.91. The smallest absolute Gasteiger partial charge is 0.164 e. The van der Waals surface area contributed by atoms with E-state index < -0.39 is 0 Å². The number of nitrogens with zero attached hydrogens (tertiary/aromatic N) is 8. The number of hydrogen-bond acceptors (Lipinski definition) is 7. The van der Waals surface area contributed by atoms with Crippen molar-refractivity contribution in [3.05, 3.63) is 218 Å². The summed E-state index contributed by atoms with van der Waals surface area (Å²) in [5, 5.41) is 0. The van der Waals surface area contributed by atoms with Crippen LogP contribution in [0.25, 0.3) is 108 Å². The fraction of sp³-hybridized carbons (Fsp3) is 0.0179. The van der Waals surface area contributed by atoms with Gasteiger partial charge in [0.15, 0.2) is 34.9 Å². The number of rotatable bonds is 9. The molecule has 0 saturated heterocycles. The Morgan fingerprint density at radius 3 is 1.17 bits per heavy atom. The second-order valence-corrected chi connectivity index (χ2v) is 15.5. The van der Waals surface area contributed by atoms with Gasteiger partial charge in [-0.3, -0.25) is 4.57 Å². The van der Waals surface area contributed by atoms with E-state index in [0.29, 0.717) is 34.9 Å². The van der Waals surface area contributed by atoms with Gasteiger partial charge in [0.1, 0.15) is 5.82 Å². The van der Waals surface area contributed by atoms with Crippen LogP contribution >= 0.6 is 0 Å². The molecule has 64 heavy (non-hydrogen) atoms. The topological polar surface area (TPSA) is 95.2 Å². The van der Waals surface area contributed by atoms with Gasteiger partial charge in [-0.2, -0.15) is 0 Å². The SMILES string of the molecule is Cc1cccc(-c2nc3ccccc3n2-c2ccccc2-c2cc(-c3nc(-c4ccccc4)nc(-c4ccccc4)n3)cc(-c3nc(-c4ccccc4)nc(-c4ccccc4)n3)c2)c1. The number of aromatic nitrogens is 8. The van der Waals surface area contributed by atoms with Crippen LogP contribution in [0, 0.1) is 6.92 Å². The number of aryl methyl sites for hydroxylation is 1. The minimum absolute atomic E-state index is 0.516. The number of para-hydroxylation sites is 3. The summed E-state index contributed by atoms with van der Waals surface area (Å²) < 4.78 is 2.26. The van der Waals surface area contributed by atoms with Crippen LogP contribution in [-0.4, -0.2) is 39.5 Å². The van der Waals surface area contributed by atoms with E-state index in [0.717, 1.165) is 78.2 Å². The molecule has 0 bridgehead atoms. The largest absolute Gasteiger partial charge is 0.292 e. The Balaban J connectivity index is 1.19. The van der Waals surface area contributed by atoms with Crippen molar-refractivity contribution in [2.75, 3.05) is 0 Å². The minimum atomic E-state index is 0.516. The van der Waals surface area contributed by atoms with Crippen LogP contribution in [0.2, 0.25) is 0 Å². The lowest BCUT2D eigenvalue weighted by Gasteiger charge is -2.17. The Bertz CT molecular complexity index is 3180. The summed E-state index contributed by atoms with van der Waals surface area (Å²) >= 11 is 0. The first-order valence-corrected chi connectivity index (χ1v) is 21.2. The molecule has 3 aromatic heterocycles. The first-order chi connectivity index (χ1) is 31.6. The summed E-state index contributed by atoms with van der Waals surface area (Å²) in [6, 6.07) is 71.8. The zero-order chi connectivity index (χ0) is 42.8. The van der Waals surface area contributed by atoms with Gasteiger partial charge < -0.3 is 0 Å². The highest BCUT2D eigenvalue weighted by molar-refractivity contribution is 5.88. The maximum Gasteiger partial charge on any atom is 0.164 e. The van der Waals surface area contributed by atoms with Crippen LogP contribution < -0.4 is 0 Å². The molecule has 0 amide bonds. The van der Waals surface area contributed by atoms with Gasteiger partial charge in [-0.1, -0.05) is 175 Å². The summed E-state index contributed by atoms with van der Waals surface area (Å²) in [7, 11) is 0. The van der Waals surface area contributed by atoms with Gasteiger partial charge in [0, 0.05) is 44.5 Å². The van der Waals surface area contributed by atoms with Gasteiger partial charge >= 0.3 is 0 Å². The van der Waals surface area contributed by atoms with Crippen molar-refractivity contribution >= 4 is 11.0 Å². The standard InChI is InChI=1S/C56H38N8/c1-37-19-18-28-42(33-37)56-57-47-30-15-17-32-49(47)64(56)48-31-16-14-29-46(48)43-34-44(54-60-50(38-20-6-2-7-21-38)58-51(61-54)39-22-8-3-9-23-39)36-45(35-43)55-62-52(40-24-10-4-11-25-40)59-53(63-55)41-26-12-5-13-27-41/h2-36H,1H3. The summed E-state index contributed by atoms with van der Waals surface area (Å²) in [4.78, 5) is 36.0. The molecule has 0 spiro atoms. The highest BCUT2D eigenvalue weighted by Gasteiger charge is 2.21. The van der Waals surface area contributed by atoms with E-state index in [1.165, 1.54) is 0 Å². The molecular weight excluding hydrogens is 785 g/mol. The summed E-state index contributed by atoms with van der Waals surface area (Å²) in [6.07, 6.45) is 0. The van der Waals surface area contributed by atoms with E-state index in [1.807, 2.05) is 127 Å². The zero-order valence-corrected chi connectivity index (χ0v) is 34.8. The molecule has 0 fully saturated rings.